The van der Waals surface area contributed by atoms with Gasteiger partial charge in [0.1, 0.15) is 5.84 Å². The highest BCUT2D eigenvalue weighted by molar-refractivity contribution is 7.90. The van der Waals surface area contributed by atoms with Crippen LogP contribution in [0.1, 0.15) is 22.9 Å². The fourth-order valence-electron chi connectivity index (χ4n) is 3.60. The van der Waals surface area contributed by atoms with E-state index < -0.39 is 10.0 Å². The maximum absolute atomic E-state index is 12.4. The van der Waals surface area contributed by atoms with Gasteiger partial charge in [-0.15, -0.1) is 11.3 Å². The Morgan fingerprint density at radius 1 is 1.23 bits per heavy atom. The molecule has 2 N–H and O–H groups in total. The summed E-state index contributed by atoms with van der Waals surface area (Å²) < 4.78 is 32.1. The highest BCUT2D eigenvalue weighted by atomic mass is 32.2. The second-order valence-corrected chi connectivity index (χ2v) is 9.70. The van der Waals surface area contributed by atoms with Gasteiger partial charge in [0, 0.05) is 36.5 Å². The molecule has 3 heterocycles. The molecule has 2 aliphatic rings. The number of thiophene rings is 1. The Kier molecular flexibility index (Phi) is 6.47. The highest BCUT2D eigenvalue weighted by Crippen LogP contribution is 2.25. The molecule has 0 spiro atoms. The average Bonchev–Trinajstić information content (AvgIpc) is 3.36. The van der Waals surface area contributed by atoms with Gasteiger partial charge in [0.05, 0.1) is 30.7 Å². The van der Waals surface area contributed by atoms with Crippen molar-refractivity contribution in [3.8, 4) is 0 Å². The molecule has 0 bridgehead atoms. The number of hydrogen-bond acceptors (Lipinski definition) is 7. The topological polar surface area (TPSA) is 100 Å². The molecule has 2 aromatic rings. The van der Waals surface area contributed by atoms with E-state index in [9.17, 15) is 13.2 Å². The normalized spacial score (nSPS) is 20.5. The lowest BCUT2D eigenvalue weighted by molar-refractivity contribution is -0.121. The molecule has 1 amide bonds. The van der Waals surface area contributed by atoms with Gasteiger partial charge in [0.2, 0.25) is 5.91 Å². The molecule has 0 unspecified atom stereocenters. The molecular formula is C20H24N4O4S2. The van der Waals surface area contributed by atoms with E-state index in [0.717, 1.165) is 13.1 Å². The van der Waals surface area contributed by atoms with E-state index in [0.29, 0.717) is 31.2 Å². The summed E-state index contributed by atoms with van der Waals surface area (Å²) in [6, 6.07) is 10.9. The summed E-state index contributed by atoms with van der Waals surface area (Å²) in [5, 5.41) is 5.05. The van der Waals surface area contributed by atoms with Crippen LogP contribution in [0.15, 0.2) is 51.7 Å². The molecule has 10 heteroatoms. The predicted molar refractivity (Wildman–Crippen MR) is 115 cm³/mol. The van der Waals surface area contributed by atoms with Crippen molar-refractivity contribution in [3.63, 3.8) is 0 Å². The number of hydrogen-bond donors (Lipinski definition) is 2. The Balaban J connectivity index is 1.33. The smallest absolute Gasteiger partial charge is 0.263 e. The number of ether oxygens (including phenoxy) is 1. The van der Waals surface area contributed by atoms with Gasteiger partial charge < -0.3 is 10.1 Å². The molecule has 160 valence electrons. The van der Waals surface area contributed by atoms with E-state index in [1.54, 1.807) is 35.6 Å². The van der Waals surface area contributed by atoms with Crippen LogP contribution in [0.4, 0.5) is 0 Å². The number of amides is 1. The van der Waals surface area contributed by atoms with Gasteiger partial charge in [0.15, 0.2) is 0 Å². The van der Waals surface area contributed by atoms with E-state index in [1.165, 1.54) is 4.88 Å². The first-order valence-electron chi connectivity index (χ1n) is 9.83. The third-order valence-corrected chi connectivity index (χ3v) is 7.49. The minimum absolute atomic E-state index is 0.108. The quantitative estimate of drug-likeness (QED) is 0.666. The lowest BCUT2D eigenvalue weighted by atomic mass is 10.2. The van der Waals surface area contributed by atoms with Gasteiger partial charge in [0.25, 0.3) is 10.0 Å². The van der Waals surface area contributed by atoms with Gasteiger partial charge >= 0.3 is 0 Å². The molecule has 1 atom stereocenters. The number of carbonyl (C=O) groups is 1. The summed E-state index contributed by atoms with van der Waals surface area (Å²) in [5.74, 6) is 0.187. The Morgan fingerprint density at radius 2 is 2.03 bits per heavy atom. The Morgan fingerprint density at radius 3 is 2.80 bits per heavy atom. The zero-order valence-electron chi connectivity index (χ0n) is 16.4. The van der Waals surface area contributed by atoms with Gasteiger partial charge in [-0.3, -0.25) is 19.4 Å². The third kappa shape index (κ3) is 4.72. The summed E-state index contributed by atoms with van der Waals surface area (Å²) in [5.41, 5.74) is 0.544. The van der Waals surface area contributed by atoms with Crippen molar-refractivity contribution in [2.24, 2.45) is 4.99 Å². The summed E-state index contributed by atoms with van der Waals surface area (Å²) in [6.45, 7) is 3.80. The van der Waals surface area contributed by atoms with Gasteiger partial charge in [-0.1, -0.05) is 18.2 Å². The molecule has 4 rings (SSSR count). The lowest BCUT2D eigenvalue weighted by Crippen LogP contribution is -2.43. The monoisotopic (exact) mass is 448 g/mol. The first-order chi connectivity index (χ1) is 14.5. The summed E-state index contributed by atoms with van der Waals surface area (Å²) in [7, 11) is -3.56. The minimum atomic E-state index is -3.56. The number of nitrogens with one attached hydrogen (secondary N) is 2. The van der Waals surface area contributed by atoms with Crippen LogP contribution < -0.4 is 10.0 Å². The van der Waals surface area contributed by atoms with Crippen LogP contribution in [-0.2, 0) is 19.6 Å². The number of benzene rings is 1. The van der Waals surface area contributed by atoms with Crippen LogP contribution in [0.25, 0.3) is 0 Å². The lowest BCUT2D eigenvalue weighted by Gasteiger charge is -2.34. The zero-order valence-corrected chi connectivity index (χ0v) is 18.0. The number of sulfonamides is 1. The second kappa shape index (κ2) is 9.25. The van der Waals surface area contributed by atoms with Crippen molar-refractivity contribution in [3.05, 3.63) is 52.2 Å². The van der Waals surface area contributed by atoms with E-state index >= 15 is 0 Å². The molecule has 1 saturated heterocycles. The molecule has 1 fully saturated rings. The number of amidine groups is 1. The van der Waals surface area contributed by atoms with Crippen molar-refractivity contribution in [2.75, 3.05) is 39.4 Å². The van der Waals surface area contributed by atoms with Crippen molar-refractivity contribution < 1.29 is 17.9 Å². The third-order valence-electron chi connectivity index (χ3n) is 5.12. The zero-order chi connectivity index (χ0) is 21.0. The number of morpholine rings is 1. The van der Waals surface area contributed by atoms with Gasteiger partial charge in [-0.05, 0) is 23.6 Å². The first kappa shape index (κ1) is 21.0. The highest BCUT2D eigenvalue weighted by Gasteiger charge is 2.30. The average molecular weight is 449 g/mol. The minimum Gasteiger partial charge on any atom is -0.379 e. The van der Waals surface area contributed by atoms with E-state index in [2.05, 4.69) is 26.0 Å². The SMILES string of the molecule is O=C(CCN=C1NS(=O)(=O)c2ccccc21)NC[C@H](c1cccs1)N1CCOCC1. The summed E-state index contributed by atoms with van der Waals surface area (Å²) >= 11 is 1.68. The van der Waals surface area contributed by atoms with Gasteiger partial charge in [-0.2, -0.15) is 0 Å². The standard InChI is InChI=1S/C20H24N4O4S2/c25-19(7-8-21-20-15-4-1-2-6-18(15)30(26,27)23-20)22-14-16(17-5-3-13-29-17)24-9-11-28-12-10-24/h1-6,13,16H,7-12,14H2,(H,21,23)(H,22,25)/t16-/m1/s1. The van der Waals surface area contributed by atoms with Crippen LogP contribution in [0.2, 0.25) is 0 Å². The summed E-state index contributed by atoms with van der Waals surface area (Å²) in [6.07, 6.45) is 0.188. The number of fused-ring (bicyclic) bond motifs is 1. The predicted octanol–water partition coefficient (Wildman–Crippen LogP) is 1.37. The van der Waals surface area contributed by atoms with Crippen molar-refractivity contribution in [1.29, 1.82) is 0 Å². The first-order valence-corrected chi connectivity index (χ1v) is 12.2. The Hall–Kier alpha value is -2.27. The number of carbonyl (C=O) groups excluding carboxylic acids is 1. The van der Waals surface area contributed by atoms with Crippen LogP contribution in [0, 0.1) is 0 Å². The maximum Gasteiger partial charge on any atom is 0.263 e. The summed E-state index contributed by atoms with van der Waals surface area (Å²) in [4.78, 5) is 20.5. The molecule has 8 nitrogen and oxygen atoms in total. The van der Waals surface area contributed by atoms with E-state index in [4.69, 9.17) is 4.74 Å². The maximum atomic E-state index is 12.4. The fourth-order valence-corrected chi connectivity index (χ4v) is 5.71. The van der Waals surface area contributed by atoms with Gasteiger partial charge in [-0.25, -0.2) is 8.42 Å². The number of nitrogens with zero attached hydrogens (tertiary/aromatic N) is 2. The number of rotatable bonds is 7. The molecule has 1 aromatic carbocycles. The molecule has 0 saturated carbocycles. The molecule has 30 heavy (non-hydrogen) atoms. The van der Waals surface area contributed by atoms with Crippen molar-refractivity contribution >= 4 is 33.1 Å². The van der Waals surface area contributed by atoms with Crippen LogP contribution in [-0.4, -0.2) is 64.5 Å². The van der Waals surface area contributed by atoms with Crippen molar-refractivity contribution in [1.82, 2.24) is 14.9 Å². The number of aliphatic imine (C=N–C) groups is 1. The molecular weight excluding hydrogens is 424 g/mol. The Labute approximate surface area is 180 Å². The van der Waals surface area contributed by atoms with E-state index in [-0.39, 0.29) is 29.8 Å². The molecule has 1 aromatic heterocycles. The Bertz CT molecular complexity index is 1020. The van der Waals surface area contributed by atoms with E-state index in [1.807, 2.05) is 11.4 Å². The molecule has 0 radical (unpaired) electrons. The van der Waals surface area contributed by atoms with Crippen molar-refractivity contribution in [2.45, 2.75) is 17.4 Å². The molecule has 0 aliphatic carbocycles. The second-order valence-electron chi connectivity index (χ2n) is 7.07. The van der Waals surface area contributed by atoms with Crippen LogP contribution >= 0.6 is 11.3 Å². The van der Waals surface area contributed by atoms with Crippen LogP contribution in [0.5, 0.6) is 0 Å². The fraction of sp³-hybridized carbons (Fsp3) is 0.400. The van der Waals surface area contributed by atoms with Crippen LogP contribution in [0.3, 0.4) is 0 Å². The largest absolute Gasteiger partial charge is 0.379 e. The molecule has 2 aliphatic heterocycles.